The van der Waals surface area contributed by atoms with Crippen LogP contribution in [-0.4, -0.2) is 26.2 Å². The van der Waals surface area contributed by atoms with Crippen molar-refractivity contribution in [3.8, 4) is 0 Å². The van der Waals surface area contributed by atoms with Crippen molar-refractivity contribution in [2.45, 2.75) is 13.3 Å². The largest absolute Gasteiger partial charge is 0.465 e. The first kappa shape index (κ1) is 12.8. The molecule has 0 aliphatic carbocycles. The summed E-state index contributed by atoms with van der Waals surface area (Å²) >= 11 is 0. The van der Waals surface area contributed by atoms with Gasteiger partial charge in [-0.15, -0.1) is 13.2 Å². The van der Waals surface area contributed by atoms with Crippen molar-refractivity contribution in [1.29, 1.82) is 0 Å². The van der Waals surface area contributed by atoms with E-state index >= 15 is 0 Å². The molecule has 0 radical (unpaired) electrons. The number of ether oxygens (including phenoxy) is 1. The summed E-state index contributed by atoms with van der Waals surface area (Å²) in [6.07, 6.45) is 0.884. The van der Waals surface area contributed by atoms with Crippen molar-refractivity contribution >= 4 is 5.97 Å². The van der Waals surface area contributed by atoms with E-state index in [1.807, 2.05) is 6.92 Å². The Labute approximate surface area is 68.4 Å². The Morgan fingerprint density at radius 1 is 1.55 bits per heavy atom. The van der Waals surface area contributed by atoms with Crippen molar-refractivity contribution in [1.82, 2.24) is 5.32 Å². The molecule has 3 nitrogen and oxygen atoms in total. The topological polar surface area (TPSA) is 38.3 Å². The average molecular weight is 159 g/mol. The molecule has 0 aliphatic heterocycles. The SMILES string of the molecule is C=C.CCCOC(=O)CNC. The van der Waals surface area contributed by atoms with Gasteiger partial charge in [0.2, 0.25) is 0 Å². The normalized spacial score (nSPS) is 7.82. The highest BCUT2D eigenvalue weighted by Crippen LogP contribution is 1.79. The fourth-order valence-electron chi connectivity index (χ4n) is 0.411. The number of rotatable bonds is 4. The Kier molecular flexibility index (Phi) is 13.9. The third kappa shape index (κ3) is 12.4. The van der Waals surface area contributed by atoms with Crippen LogP contribution in [0.15, 0.2) is 13.2 Å². The number of nitrogens with one attached hydrogen (secondary N) is 1. The fraction of sp³-hybridized carbons (Fsp3) is 0.625. The lowest BCUT2D eigenvalue weighted by atomic mass is 10.5. The van der Waals surface area contributed by atoms with Gasteiger partial charge in [0.1, 0.15) is 0 Å². The minimum absolute atomic E-state index is 0.181. The van der Waals surface area contributed by atoms with E-state index in [1.54, 1.807) is 7.05 Å². The maximum Gasteiger partial charge on any atom is 0.319 e. The zero-order valence-electron chi connectivity index (χ0n) is 7.35. The van der Waals surface area contributed by atoms with Crippen LogP contribution in [0.5, 0.6) is 0 Å². The third-order valence-electron chi connectivity index (χ3n) is 0.788. The minimum atomic E-state index is -0.181. The Morgan fingerprint density at radius 2 is 2.09 bits per heavy atom. The van der Waals surface area contributed by atoms with Crippen LogP contribution in [0.3, 0.4) is 0 Å². The second kappa shape index (κ2) is 11.9. The molecular formula is C8H17NO2. The van der Waals surface area contributed by atoms with Crippen LogP contribution in [0.2, 0.25) is 0 Å². The predicted molar refractivity (Wildman–Crippen MR) is 46.4 cm³/mol. The van der Waals surface area contributed by atoms with Gasteiger partial charge < -0.3 is 10.1 Å². The molecule has 66 valence electrons. The molecule has 0 aromatic rings. The highest BCUT2D eigenvalue weighted by atomic mass is 16.5. The summed E-state index contributed by atoms with van der Waals surface area (Å²) in [5, 5.41) is 2.70. The summed E-state index contributed by atoms with van der Waals surface area (Å²) in [5.74, 6) is -0.181. The maximum absolute atomic E-state index is 10.5. The standard InChI is InChI=1S/C6H13NO2.C2H4/c1-3-4-9-6(8)5-7-2;1-2/h7H,3-5H2,1-2H3;1-2H2. The molecule has 0 atom stereocenters. The monoisotopic (exact) mass is 159 g/mol. The van der Waals surface area contributed by atoms with E-state index in [4.69, 9.17) is 4.74 Å². The summed E-state index contributed by atoms with van der Waals surface area (Å²) in [6.45, 7) is 8.80. The van der Waals surface area contributed by atoms with Gasteiger partial charge in [-0.1, -0.05) is 6.92 Å². The van der Waals surface area contributed by atoms with Gasteiger partial charge in [0.25, 0.3) is 0 Å². The van der Waals surface area contributed by atoms with Crippen LogP contribution in [-0.2, 0) is 9.53 Å². The van der Waals surface area contributed by atoms with E-state index in [0.717, 1.165) is 6.42 Å². The molecule has 0 amide bonds. The molecular weight excluding hydrogens is 142 g/mol. The Morgan fingerprint density at radius 3 is 2.45 bits per heavy atom. The van der Waals surface area contributed by atoms with E-state index in [1.165, 1.54) is 0 Å². The highest BCUT2D eigenvalue weighted by molar-refractivity contribution is 5.71. The van der Waals surface area contributed by atoms with Crippen LogP contribution >= 0.6 is 0 Å². The Balaban J connectivity index is 0. The highest BCUT2D eigenvalue weighted by Gasteiger charge is 1.96. The molecule has 0 fully saturated rings. The van der Waals surface area contributed by atoms with Crippen molar-refractivity contribution < 1.29 is 9.53 Å². The van der Waals surface area contributed by atoms with Gasteiger partial charge in [-0.25, -0.2) is 0 Å². The number of hydrogen-bond donors (Lipinski definition) is 1. The molecule has 11 heavy (non-hydrogen) atoms. The van der Waals surface area contributed by atoms with Crippen LogP contribution in [0.1, 0.15) is 13.3 Å². The number of likely N-dealkylation sites (N-methyl/N-ethyl adjacent to an activating group) is 1. The predicted octanol–water partition coefficient (Wildman–Crippen LogP) is 0.961. The number of carbonyl (C=O) groups excluding carboxylic acids is 1. The lowest BCUT2D eigenvalue weighted by molar-refractivity contribution is -0.142. The van der Waals surface area contributed by atoms with E-state index in [9.17, 15) is 4.79 Å². The van der Waals surface area contributed by atoms with Crippen molar-refractivity contribution in [2.75, 3.05) is 20.2 Å². The number of hydrogen-bond acceptors (Lipinski definition) is 3. The van der Waals surface area contributed by atoms with Gasteiger partial charge in [0.05, 0.1) is 13.2 Å². The van der Waals surface area contributed by atoms with Gasteiger partial charge in [-0.3, -0.25) is 4.79 Å². The van der Waals surface area contributed by atoms with Crippen LogP contribution in [0.25, 0.3) is 0 Å². The quantitative estimate of drug-likeness (QED) is 0.490. The average Bonchev–Trinajstić information content (AvgIpc) is 2.05. The maximum atomic E-state index is 10.5. The molecule has 0 aromatic carbocycles. The summed E-state index contributed by atoms with van der Waals surface area (Å²) in [4.78, 5) is 10.5. The minimum Gasteiger partial charge on any atom is -0.465 e. The Bertz CT molecular complexity index is 94.1. The molecule has 0 unspecified atom stereocenters. The first-order valence-corrected chi connectivity index (χ1v) is 3.61. The molecule has 0 saturated heterocycles. The summed E-state index contributed by atoms with van der Waals surface area (Å²) < 4.78 is 4.73. The molecule has 0 rings (SSSR count). The molecule has 0 bridgehead atoms. The molecule has 3 heteroatoms. The molecule has 0 aliphatic rings. The van der Waals surface area contributed by atoms with E-state index in [0.29, 0.717) is 13.2 Å². The second-order valence-corrected chi connectivity index (χ2v) is 1.75. The summed E-state index contributed by atoms with van der Waals surface area (Å²) in [7, 11) is 1.72. The number of carbonyl (C=O) groups is 1. The van der Waals surface area contributed by atoms with E-state index in [2.05, 4.69) is 18.5 Å². The molecule has 0 heterocycles. The molecule has 0 spiro atoms. The zero-order chi connectivity index (χ0) is 9.11. The molecule has 0 saturated carbocycles. The molecule has 0 aromatic heterocycles. The van der Waals surface area contributed by atoms with E-state index in [-0.39, 0.29) is 5.97 Å². The van der Waals surface area contributed by atoms with Gasteiger partial charge >= 0.3 is 5.97 Å². The van der Waals surface area contributed by atoms with Gasteiger partial charge in [-0.05, 0) is 13.5 Å². The van der Waals surface area contributed by atoms with Crippen molar-refractivity contribution in [3.63, 3.8) is 0 Å². The smallest absolute Gasteiger partial charge is 0.319 e. The zero-order valence-corrected chi connectivity index (χ0v) is 7.35. The van der Waals surface area contributed by atoms with Crippen molar-refractivity contribution in [2.24, 2.45) is 0 Å². The van der Waals surface area contributed by atoms with Gasteiger partial charge in [0, 0.05) is 0 Å². The Hall–Kier alpha value is -0.830. The fourth-order valence-corrected chi connectivity index (χ4v) is 0.411. The van der Waals surface area contributed by atoms with Gasteiger partial charge in [-0.2, -0.15) is 0 Å². The first-order valence-electron chi connectivity index (χ1n) is 3.61. The van der Waals surface area contributed by atoms with Crippen LogP contribution in [0.4, 0.5) is 0 Å². The second-order valence-electron chi connectivity index (χ2n) is 1.75. The lowest BCUT2D eigenvalue weighted by Crippen LogP contribution is -2.20. The van der Waals surface area contributed by atoms with Crippen LogP contribution in [0, 0.1) is 0 Å². The summed E-state index contributed by atoms with van der Waals surface area (Å²) in [5.41, 5.74) is 0. The number of esters is 1. The van der Waals surface area contributed by atoms with Crippen molar-refractivity contribution in [3.05, 3.63) is 13.2 Å². The van der Waals surface area contributed by atoms with Crippen LogP contribution < -0.4 is 5.32 Å². The van der Waals surface area contributed by atoms with E-state index < -0.39 is 0 Å². The molecule has 1 N–H and O–H groups in total. The summed E-state index contributed by atoms with van der Waals surface area (Å²) in [6, 6.07) is 0. The first-order chi connectivity index (χ1) is 5.31. The third-order valence-corrected chi connectivity index (χ3v) is 0.788. The van der Waals surface area contributed by atoms with Gasteiger partial charge in [0.15, 0.2) is 0 Å². The lowest BCUT2D eigenvalue weighted by Gasteiger charge is -1.99.